The van der Waals surface area contributed by atoms with E-state index in [0.29, 0.717) is 18.0 Å². The highest BCUT2D eigenvalue weighted by atomic mass is 15.3. The first-order chi connectivity index (χ1) is 7.52. The van der Waals surface area contributed by atoms with E-state index >= 15 is 0 Å². The van der Waals surface area contributed by atoms with Crippen molar-refractivity contribution >= 4 is 0 Å². The fourth-order valence-corrected chi connectivity index (χ4v) is 2.72. The van der Waals surface area contributed by atoms with Crippen molar-refractivity contribution in [3.63, 3.8) is 0 Å². The van der Waals surface area contributed by atoms with Crippen molar-refractivity contribution < 1.29 is 0 Å². The molecule has 1 rings (SSSR count). The van der Waals surface area contributed by atoms with Crippen molar-refractivity contribution in [2.45, 2.75) is 46.2 Å². The number of hydrogen-bond acceptors (Lipinski definition) is 3. The third-order valence-corrected chi connectivity index (χ3v) is 3.52. The molecule has 0 aromatic rings. The quantitative estimate of drug-likeness (QED) is 0.770. The second-order valence-electron chi connectivity index (χ2n) is 5.63. The van der Waals surface area contributed by atoms with Crippen molar-refractivity contribution in [3.8, 4) is 0 Å². The molecule has 2 unspecified atom stereocenters. The maximum atomic E-state index is 6.16. The summed E-state index contributed by atoms with van der Waals surface area (Å²) in [5.41, 5.74) is 6.16. The molecule has 1 aliphatic rings. The van der Waals surface area contributed by atoms with Gasteiger partial charge in [0.1, 0.15) is 0 Å². The van der Waals surface area contributed by atoms with E-state index in [1.54, 1.807) is 0 Å². The fraction of sp³-hybridized carbons (Fsp3) is 1.00. The first-order valence-corrected chi connectivity index (χ1v) is 6.74. The van der Waals surface area contributed by atoms with Gasteiger partial charge in [-0.25, -0.2) is 0 Å². The van der Waals surface area contributed by atoms with Gasteiger partial charge >= 0.3 is 0 Å². The lowest BCUT2D eigenvalue weighted by Crippen LogP contribution is -2.54. The molecule has 96 valence electrons. The van der Waals surface area contributed by atoms with Crippen LogP contribution in [0, 0.1) is 5.92 Å². The van der Waals surface area contributed by atoms with Crippen LogP contribution in [-0.2, 0) is 0 Å². The number of rotatable bonds is 5. The monoisotopic (exact) mass is 227 g/mol. The van der Waals surface area contributed by atoms with Crippen LogP contribution in [0.1, 0.15) is 34.1 Å². The summed E-state index contributed by atoms with van der Waals surface area (Å²) in [6.45, 7) is 14.9. The van der Waals surface area contributed by atoms with Gasteiger partial charge in [-0.1, -0.05) is 20.8 Å². The Morgan fingerprint density at radius 3 is 2.50 bits per heavy atom. The Kier molecular flexibility index (Phi) is 5.73. The first-order valence-electron chi connectivity index (χ1n) is 6.74. The minimum Gasteiger partial charge on any atom is -0.327 e. The minimum atomic E-state index is 0.348. The largest absolute Gasteiger partial charge is 0.327 e. The molecule has 3 nitrogen and oxygen atoms in total. The number of likely N-dealkylation sites (N-methyl/N-ethyl adjacent to an activating group) is 1. The molecule has 0 aliphatic carbocycles. The normalized spacial score (nSPS) is 26.2. The maximum absolute atomic E-state index is 6.16. The highest BCUT2D eigenvalue weighted by molar-refractivity contribution is 4.80. The van der Waals surface area contributed by atoms with Gasteiger partial charge in [-0.05, 0) is 25.8 Å². The number of nitrogens with zero attached hydrogens (tertiary/aromatic N) is 2. The summed E-state index contributed by atoms with van der Waals surface area (Å²) in [6.07, 6.45) is 1.14. The Bertz CT molecular complexity index is 194. The summed E-state index contributed by atoms with van der Waals surface area (Å²) in [5, 5.41) is 0. The lowest BCUT2D eigenvalue weighted by atomic mass is 10.0. The summed E-state index contributed by atoms with van der Waals surface area (Å²) >= 11 is 0. The van der Waals surface area contributed by atoms with E-state index in [-0.39, 0.29) is 0 Å². The molecule has 0 radical (unpaired) electrons. The zero-order valence-corrected chi connectivity index (χ0v) is 11.4. The molecule has 16 heavy (non-hydrogen) atoms. The molecule has 2 atom stereocenters. The molecule has 1 fully saturated rings. The third kappa shape index (κ3) is 4.40. The van der Waals surface area contributed by atoms with Crippen molar-refractivity contribution in [1.82, 2.24) is 9.80 Å². The van der Waals surface area contributed by atoms with Crippen LogP contribution in [0.25, 0.3) is 0 Å². The average molecular weight is 227 g/mol. The second kappa shape index (κ2) is 6.58. The smallest absolute Gasteiger partial charge is 0.0195 e. The van der Waals surface area contributed by atoms with Crippen molar-refractivity contribution in [1.29, 1.82) is 0 Å². The Hall–Kier alpha value is -0.120. The number of piperazine rings is 1. The molecule has 0 amide bonds. The van der Waals surface area contributed by atoms with Gasteiger partial charge in [0.25, 0.3) is 0 Å². The summed E-state index contributed by atoms with van der Waals surface area (Å²) in [5.74, 6) is 0.712. The van der Waals surface area contributed by atoms with E-state index in [9.17, 15) is 0 Å². The van der Waals surface area contributed by atoms with Crippen LogP contribution in [-0.4, -0.2) is 54.6 Å². The lowest BCUT2D eigenvalue weighted by molar-refractivity contribution is 0.0827. The molecule has 1 aliphatic heterocycles. The topological polar surface area (TPSA) is 32.5 Å². The Morgan fingerprint density at radius 2 is 2.00 bits per heavy atom. The molecule has 1 heterocycles. The summed E-state index contributed by atoms with van der Waals surface area (Å²) in [7, 11) is 0. The van der Waals surface area contributed by atoms with E-state index in [1.165, 1.54) is 26.2 Å². The van der Waals surface area contributed by atoms with Crippen LogP contribution in [0.4, 0.5) is 0 Å². The molecule has 0 saturated carbocycles. The van der Waals surface area contributed by atoms with Crippen LogP contribution in [0.5, 0.6) is 0 Å². The Labute approximate surface area is 101 Å². The van der Waals surface area contributed by atoms with E-state index < -0.39 is 0 Å². The predicted octanol–water partition coefficient (Wildman–Crippen LogP) is 1.39. The van der Waals surface area contributed by atoms with Gasteiger partial charge in [0.15, 0.2) is 0 Å². The SMILES string of the molecule is CCN1CCN(CC(N)CC(C)C)CC1C. The zero-order chi connectivity index (χ0) is 12.1. The second-order valence-corrected chi connectivity index (χ2v) is 5.63. The van der Waals surface area contributed by atoms with Crippen LogP contribution in [0.15, 0.2) is 0 Å². The average Bonchev–Trinajstić information content (AvgIpc) is 2.16. The zero-order valence-electron chi connectivity index (χ0n) is 11.4. The molecule has 0 bridgehead atoms. The molecule has 0 spiro atoms. The number of hydrogen-bond donors (Lipinski definition) is 1. The summed E-state index contributed by atoms with van der Waals surface area (Å²) < 4.78 is 0. The molecule has 3 heteroatoms. The Balaban J connectivity index is 2.29. The summed E-state index contributed by atoms with van der Waals surface area (Å²) in [4.78, 5) is 5.08. The van der Waals surface area contributed by atoms with E-state index in [1.807, 2.05) is 0 Å². The third-order valence-electron chi connectivity index (χ3n) is 3.52. The van der Waals surface area contributed by atoms with Crippen LogP contribution >= 0.6 is 0 Å². The minimum absolute atomic E-state index is 0.348. The van der Waals surface area contributed by atoms with Crippen LogP contribution in [0.3, 0.4) is 0 Å². The van der Waals surface area contributed by atoms with Crippen LogP contribution < -0.4 is 5.73 Å². The van der Waals surface area contributed by atoms with Crippen molar-refractivity contribution in [2.24, 2.45) is 11.7 Å². The molecule has 0 aromatic heterocycles. The lowest BCUT2D eigenvalue weighted by Gasteiger charge is -2.40. The van der Waals surface area contributed by atoms with Gasteiger partial charge in [-0.2, -0.15) is 0 Å². The standard InChI is InChI=1S/C13H29N3/c1-5-16-7-6-15(9-12(16)4)10-13(14)8-11(2)3/h11-13H,5-10,14H2,1-4H3. The first kappa shape index (κ1) is 13.9. The fourth-order valence-electron chi connectivity index (χ4n) is 2.72. The molecular formula is C13H29N3. The summed E-state index contributed by atoms with van der Waals surface area (Å²) in [6, 6.07) is 1.03. The molecule has 1 saturated heterocycles. The maximum Gasteiger partial charge on any atom is 0.0195 e. The number of nitrogens with two attached hydrogens (primary N) is 1. The van der Waals surface area contributed by atoms with Crippen LogP contribution in [0.2, 0.25) is 0 Å². The highest BCUT2D eigenvalue weighted by Gasteiger charge is 2.23. The molecular weight excluding hydrogens is 198 g/mol. The predicted molar refractivity (Wildman–Crippen MR) is 70.6 cm³/mol. The van der Waals surface area contributed by atoms with Gasteiger partial charge < -0.3 is 5.73 Å². The van der Waals surface area contributed by atoms with Gasteiger partial charge in [0.2, 0.25) is 0 Å². The van der Waals surface area contributed by atoms with E-state index in [4.69, 9.17) is 5.73 Å². The van der Waals surface area contributed by atoms with Gasteiger partial charge in [-0.3, -0.25) is 9.80 Å². The van der Waals surface area contributed by atoms with E-state index in [2.05, 4.69) is 37.5 Å². The molecule has 2 N–H and O–H groups in total. The Morgan fingerprint density at radius 1 is 1.31 bits per heavy atom. The molecule has 0 aromatic carbocycles. The van der Waals surface area contributed by atoms with Crippen molar-refractivity contribution in [2.75, 3.05) is 32.7 Å². The van der Waals surface area contributed by atoms with Crippen molar-refractivity contribution in [3.05, 3.63) is 0 Å². The van der Waals surface area contributed by atoms with Gasteiger partial charge in [0.05, 0.1) is 0 Å². The highest BCUT2D eigenvalue weighted by Crippen LogP contribution is 2.11. The van der Waals surface area contributed by atoms with Gasteiger partial charge in [0, 0.05) is 38.3 Å². The van der Waals surface area contributed by atoms with Gasteiger partial charge in [-0.15, -0.1) is 0 Å². The van der Waals surface area contributed by atoms with E-state index in [0.717, 1.165) is 13.0 Å².